The summed E-state index contributed by atoms with van der Waals surface area (Å²) in [6.07, 6.45) is 0.773. The van der Waals surface area contributed by atoms with E-state index in [2.05, 4.69) is 0 Å². The normalized spacial score (nSPS) is 12.4. The molecule has 90 valence electrons. The molecular weight excluding hydrogens is 275 g/mol. The Morgan fingerprint density at radius 3 is 2.59 bits per heavy atom. The van der Waals surface area contributed by atoms with E-state index in [0.717, 1.165) is 22.1 Å². The molecule has 0 saturated heterocycles. The standard InChI is InChI=1S/C13H12Cl2OS/c1-16-12-6-7-17-13(12)11(15)8-9-2-4-10(14)5-3-9/h2-7,11H,8H2,1H3. The van der Waals surface area contributed by atoms with Crippen LogP contribution in [-0.4, -0.2) is 7.11 Å². The summed E-state index contributed by atoms with van der Waals surface area (Å²) in [7, 11) is 1.66. The van der Waals surface area contributed by atoms with Crippen LogP contribution in [-0.2, 0) is 6.42 Å². The quantitative estimate of drug-likeness (QED) is 0.724. The van der Waals surface area contributed by atoms with Gasteiger partial charge in [-0.05, 0) is 35.6 Å². The Labute approximate surface area is 115 Å². The monoisotopic (exact) mass is 286 g/mol. The van der Waals surface area contributed by atoms with Crippen molar-refractivity contribution in [3.63, 3.8) is 0 Å². The molecule has 1 unspecified atom stereocenters. The van der Waals surface area contributed by atoms with Crippen molar-refractivity contribution in [3.05, 3.63) is 51.2 Å². The Hall–Kier alpha value is -0.700. The molecule has 1 atom stereocenters. The number of hydrogen-bond donors (Lipinski definition) is 0. The first-order chi connectivity index (χ1) is 8.20. The van der Waals surface area contributed by atoms with Crippen LogP contribution in [0.15, 0.2) is 35.7 Å². The molecule has 0 aliphatic carbocycles. The van der Waals surface area contributed by atoms with Crippen molar-refractivity contribution >= 4 is 34.5 Å². The van der Waals surface area contributed by atoms with Crippen LogP contribution >= 0.6 is 34.5 Å². The van der Waals surface area contributed by atoms with E-state index < -0.39 is 0 Å². The summed E-state index contributed by atoms with van der Waals surface area (Å²) in [5.74, 6) is 0.865. The molecule has 0 spiro atoms. The number of rotatable bonds is 4. The highest BCUT2D eigenvalue weighted by atomic mass is 35.5. The fourth-order valence-corrected chi connectivity index (χ4v) is 3.03. The van der Waals surface area contributed by atoms with Gasteiger partial charge in [-0.25, -0.2) is 0 Å². The van der Waals surface area contributed by atoms with Gasteiger partial charge in [-0.15, -0.1) is 22.9 Å². The molecule has 0 N–H and O–H groups in total. The minimum Gasteiger partial charge on any atom is -0.496 e. The Morgan fingerprint density at radius 2 is 1.94 bits per heavy atom. The average Bonchev–Trinajstić information content (AvgIpc) is 2.80. The van der Waals surface area contributed by atoms with Gasteiger partial charge in [-0.2, -0.15) is 0 Å². The lowest BCUT2D eigenvalue weighted by Crippen LogP contribution is -1.95. The topological polar surface area (TPSA) is 9.23 Å². The van der Waals surface area contributed by atoms with E-state index in [0.29, 0.717) is 0 Å². The number of alkyl halides is 1. The van der Waals surface area contributed by atoms with E-state index in [1.54, 1.807) is 18.4 Å². The van der Waals surface area contributed by atoms with E-state index in [-0.39, 0.29) is 5.38 Å². The van der Waals surface area contributed by atoms with Gasteiger partial charge in [-0.1, -0.05) is 23.7 Å². The van der Waals surface area contributed by atoms with Gasteiger partial charge in [0.2, 0.25) is 0 Å². The van der Waals surface area contributed by atoms with Crippen LogP contribution in [0.3, 0.4) is 0 Å². The molecule has 1 nitrogen and oxygen atoms in total. The highest BCUT2D eigenvalue weighted by Crippen LogP contribution is 2.36. The molecule has 0 radical (unpaired) electrons. The first-order valence-corrected chi connectivity index (χ1v) is 6.90. The average molecular weight is 287 g/mol. The molecule has 0 aliphatic heterocycles. The smallest absolute Gasteiger partial charge is 0.134 e. The summed E-state index contributed by atoms with van der Waals surface area (Å²) in [5.41, 5.74) is 1.17. The minimum atomic E-state index is -0.0638. The van der Waals surface area contributed by atoms with Crippen LogP contribution in [0.25, 0.3) is 0 Å². The van der Waals surface area contributed by atoms with Gasteiger partial charge in [-0.3, -0.25) is 0 Å². The van der Waals surface area contributed by atoms with Gasteiger partial charge in [0.25, 0.3) is 0 Å². The van der Waals surface area contributed by atoms with E-state index in [9.17, 15) is 0 Å². The molecular formula is C13H12Cl2OS. The SMILES string of the molecule is COc1ccsc1C(Cl)Cc1ccc(Cl)cc1. The van der Waals surface area contributed by atoms with E-state index in [1.165, 1.54) is 5.56 Å². The predicted molar refractivity (Wildman–Crippen MR) is 74.6 cm³/mol. The molecule has 1 aromatic heterocycles. The van der Waals surface area contributed by atoms with Gasteiger partial charge in [0, 0.05) is 5.02 Å². The van der Waals surface area contributed by atoms with Gasteiger partial charge in [0.1, 0.15) is 5.75 Å². The first kappa shape index (κ1) is 12.7. The second kappa shape index (κ2) is 5.76. The summed E-state index contributed by atoms with van der Waals surface area (Å²) in [5, 5.41) is 2.67. The summed E-state index contributed by atoms with van der Waals surface area (Å²) < 4.78 is 5.27. The van der Waals surface area contributed by atoms with Gasteiger partial charge < -0.3 is 4.74 Å². The third-order valence-electron chi connectivity index (χ3n) is 2.49. The highest BCUT2D eigenvalue weighted by molar-refractivity contribution is 7.10. The lowest BCUT2D eigenvalue weighted by atomic mass is 10.1. The predicted octanol–water partition coefficient (Wildman–Crippen LogP) is 4.93. The molecule has 1 aromatic carbocycles. The van der Waals surface area contributed by atoms with Gasteiger partial charge in [0.15, 0.2) is 0 Å². The third-order valence-corrected chi connectivity index (χ3v) is 4.26. The van der Waals surface area contributed by atoms with Crippen molar-refractivity contribution in [3.8, 4) is 5.75 Å². The molecule has 4 heteroatoms. The fourth-order valence-electron chi connectivity index (χ4n) is 1.63. The van der Waals surface area contributed by atoms with Crippen LogP contribution in [0.1, 0.15) is 15.8 Å². The highest BCUT2D eigenvalue weighted by Gasteiger charge is 2.15. The molecule has 0 saturated carbocycles. The zero-order valence-corrected chi connectivity index (χ0v) is 11.6. The Balaban J connectivity index is 2.11. The maximum atomic E-state index is 6.40. The van der Waals surface area contributed by atoms with Crippen molar-refractivity contribution in [2.45, 2.75) is 11.8 Å². The number of ether oxygens (including phenoxy) is 1. The molecule has 17 heavy (non-hydrogen) atoms. The number of hydrogen-bond acceptors (Lipinski definition) is 2. The first-order valence-electron chi connectivity index (χ1n) is 5.20. The van der Waals surface area contributed by atoms with Crippen molar-refractivity contribution in [2.75, 3.05) is 7.11 Å². The van der Waals surface area contributed by atoms with Crippen LogP contribution in [0.4, 0.5) is 0 Å². The molecule has 0 bridgehead atoms. The fraction of sp³-hybridized carbons (Fsp3) is 0.231. The molecule has 2 rings (SSSR count). The van der Waals surface area contributed by atoms with E-state index >= 15 is 0 Å². The third kappa shape index (κ3) is 3.15. The van der Waals surface area contributed by atoms with E-state index in [4.69, 9.17) is 27.9 Å². The summed E-state index contributed by atoms with van der Waals surface area (Å²) in [4.78, 5) is 1.07. The lowest BCUT2D eigenvalue weighted by molar-refractivity contribution is 0.412. The molecule has 1 heterocycles. The molecule has 2 aromatic rings. The Bertz CT molecular complexity index is 478. The minimum absolute atomic E-state index is 0.0638. The van der Waals surface area contributed by atoms with Crippen LogP contribution in [0.2, 0.25) is 5.02 Å². The summed E-state index contributed by atoms with van der Waals surface area (Å²) in [6.45, 7) is 0. The number of thiophene rings is 1. The Kier molecular flexibility index (Phi) is 4.32. The number of methoxy groups -OCH3 is 1. The maximum absolute atomic E-state index is 6.40. The van der Waals surface area contributed by atoms with Gasteiger partial charge >= 0.3 is 0 Å². The maximum Gasteiger partial charge on any atom is 0.134 e. The van der Waals surface area contributed by atoms with Crippen molar-refractivity contribution in [1.29, 1.82) is 0 Å². The van der Waals surface area contributed by atoms with E-state index in [1.807, 2.05) is 35.7 Å². The molecule has 0 fully saturated rings. The van der Waals surface area contributed by atoms with Crippen LogP contribution in [0.5, 0.6) is 5.75 Å². The lowest BCUT2D eigenvalue weighted by Gasteiger charge is -2.10. The summed E-state index contributed by atoms with van der Waals surface area (Å²) in [6, 6.07) is 9.70. The zero-order valence-electron chi connectivity index (χ0n) is 9.32. The second-order valence-corrected chi connectivity index (χ2v) is 5.56. The molecule has 0 amide bonds. The largest absolute Gasteiger partial charge is 0.496 e. The number of benzene rings is 1. The van der Waals surface area contributed by atoms with Gasteiger partial charge in [0.05, 0.1) is 17.4 Å². The Morgan fingerprint density at radius 1 is 1.24 bits per heavy atom. The second-order valence-electron chi connectivity index (χ2n) is 3.65. The van der Waals surface area contributed by atoms with Crippen LogP contribution in [0, 0.1) is 0 Å². The molecule has 0 aliphatic rings. The van der Waals surface area contributed by atoms with Crippen LogP contribution < -0.4 is 4.74 Å². The summed E-state index contributed by atoms with van der Waals surface area (Å²) >= 11 is 13.9. The van der Waals surface area contributed by atoms with Crippen molar-refractivity contribution in [1.82, 2.24) is 0 Å². The van der Waals surface area contributed by atoms with Crippen molar-refractivity contribution in [2.24, 2.45) is 0 Å². The number of halogens is 2. The zero-order chi connectivity index (χ0) is 12.3. The van der Waals surface area contributed by atoms with Crippen molar-refractivity contribution < 1.29 is 4.74 Å².